The Labute approximate surface area is 155 Å². The average molecular weight is 360 g/mol. The van der Waals surface area contributed by atoms with Gasteiger partial charge >= 0.3 is 0 Å². The number of carbonyl (C=O) groups is 1. The highest BCUT2D eigenvalue weighted by Gasteiger charge is 2.33. The Balaban J connectivity index is 1.56. The van der Waals surface area contributed by atoms with E-state index in [0.29, 0.717) is 12.2 Å². The first-order valence-corrected chi connectivity index (χ1v) is 8.67. The van der Waals surface area contributed by atoms with E-state index in [1.807, 2.05) is 36.4 Å². The summed E-state index contributed by atoms with van der Waals surface area (Å²) in [7, 11) is 0. The van der Waals surface area contributed by atoms with E-state index in [1.54, 1.807) is 12.4 Å². The quantitative estimate of drug-likeness (QED) is 0.702. The number of aromatic nitrogens is 2. The van der Waals surface area contributed by atoms with Gasteiger partial charge in [0.05, 0.1) is 22.8 Å². The molecule has 0 radical (unpaired) electrons. The Hall–Kier alpha value is -3.48. The molecule has 0 saturated carbocycles. The van der Waals surface area contributed by atoms with Crippen LogP contribution in [0.2, 0.25) is 0 Å². The number of ether oxygens (including phenoxy) is 2. The summed E-state index contributed by atoms with van der Waals surface area (Å²) in [6, 6.07) is 11.3. The van der Waals surface area contributed by atoms with Gasteiger partial charge in [0.15, 0.2) is 11.5 Å². The zero-order valence-corrected chi connectivity index (χ0v) is 14.6. The van der Waals surface area contributed by atoms with E-state index in [2.05, 4.69) is 15.1 Å². The summed E-state index contributed by atoms with van der Waals surface area (Å²) in [6.45, 7) is 1.75. The minimum atomic E-state index is -0.219. The van der Waals surface area contributed by atoms with Crippen LogP contribution in [-0.2, 0) is 4.79 Å². The van der Waals surface area contributed by atoms with Crippen molar-refractivity contribution in [2.75, 3.05) is 6.79 Å². The van der Waals surface area contributed by atoms with Crippen LogP contribution in [0, 0.1) is 0 Å². The van der Waals surface area contributed by atoms with Gasteiger partial charge in [0.1, 0.15) is 0 Å². The summed E-state index contributed by atoms with van der Waals surface area (Å²) in [5, 5.41) is 6.13. The molecule has 1 atom stereocenters. The standard InChI is InChI=1S/C20H16N4O3/c1-12(25)24-17(14-3-2-4-15-20(14)22-8-7-21-15)10-16(23-24)13-5-6-18-19(9-13)27-11-26-18/h2-9,17H,10-11H2,1H3. The molecule has 1 unspecified atom stereocenters. The number of nitrogens with zero attached hydrogens (tertiary/aromatic N) is 4. The summed E-state index contributed by atoms with van der Waals surface area (Å²) in [6.07, 6.45) is 3.92. The number of para-hydroxylation sites is 1. The van der Waals surface area contributed by atoms with Crippen molar-refractivity contribution in [2.45, 2.75) is 19.4 Å². The van der Waals surface area contributed by atoms with Gasteiger partial charge < -0.3 is 9.47 Å². The molecule has 2 aliphatic rings. The highest BCUT2D eigenvalue weighted by Crippen LogP contribution is 2.38. The van der Waals surface area contributed by atoms with Gasteiger partial charge in [0.25, 0.3) is 0 Å². The molecule has 0 spiro atoms. The smallest absolute Gasteiger partial charge is 0.240 e. The van der Waals surface area contributed by atoms with Gasteiger partial charge in [0, 0.05) is 36.9 Å². The maximum atomic E-state index is 12.3. The van der Waals surface area contributed by atoms with Crippen LogP contribution in [0.5, 0.6) is 11.5 Å². The molecule has 3 aromatic rings. The van der Waals surface area contributed by atoms with E-state index < -0.39 is 0 Å². The molecule has 2 aromatic carbocycles. The monoisotopic (exact) mass is 360 g/mol. The lowest BCUT2D eigenvalue weighted by Gasteiger charge is -2.21. The molecule has 0 saturated heterocycles. The fourth-order valence-corrected chi connectivity index (χ4v) is 3.58. The van der Waals surface area contributed by atoms with E-state index in [0.717, 1.165) is 33.6 Å². The minimum absolute atomic E-state index is 0.114. The maximum Gasteiger partial charge on any atom is 0.240 e. The topological polar surface area (TPSA) is 76.9 Å². The third-order valence-electron chi connectivity index (χ3n) is 4.83. The Morgan fingerprint density at radius 2 is 1.96 bits per heavy atom. The molecule has 0 aliphatic carbocycles. The van der Waals surface area contributed by atoms with Crippen molar-refractivity contribution >= 4 is 22.7 Å². The van der Waals surface area contributed by atoms with Gasteiger partial charge in [-0.15, -0.1) is 0 Å². The largest absolute Gasteiger partial charge is 0.454 e. The van der Waals surface area contributed by atoms with E-state index in [9.17, 15) is 4.79 Å². The number of hydrazone groups is 1. The number of hydrogen-bond acceptors (Lipinski definition) is 6. The molecule has 1 amide bonds. The molecular weight excluding hydrogens is 344 g/mol. The Bertz CT molecular complexity index is 1090. The lowest BCUT2D eigenvalue weighted by atomic mass is 9.97. The van der Waals surface area contributed by atoms with Crippen molar-refractivity contribution < 1.29 is 14.3 Å². The number of fused-ring (bicyclic) bond motifs is 2. The number of rotatable bonds is 2. The fourth-order valence-electron chi connectivity index (χ4n) is 3.58. The number of carbonyl (C=O) groups excluding carboxylic acids is 1. The molecule has 0 fully saturated rings. The van der Waals surface area contributed by atoms with Crippen LogP contribution in [0.3, 0.4) is 0 Å². The van der Waals surface area contributed by atoms with Crippen molar-refractivity contribution in [1.82, 2.24) is 15.0 Å². The van der Waals surface area contributed by atoms with Crippen LogP contribution >= 0.6 is 0 Å². The van der Waals surface area contributed by atoms with Gasteiger partial charge in [-0.05, 0) is 24.3 Å². The molecule has 2 aliphatic heterocycles. The lowest BCUT2D eigenvalue weighted by molar-refractivity contribution is -0.130. The second-order valence-electron chi connectivity index (χ2n) is 6.47. The molecule has 7 nitrogen and oxygen atoms in total. The SMILES string of the molecule is CC(=O)N1N=C(c2ccc3c(c2)OCO3)CC1c1cccc2nccnc12. The molecule has 27 heavy (non-hydrogen) atoms. The van der Waals surface area contributed by atoms with Crippen molar-refractivity contribution in [2.24, 2.45) is 5.10 Å². The Kier molecular flexibility index (Phi) is 3.53. The zero-order chi connectivity index (χ0) is 18.4. The first-order chi connectivity index (χ1) is 13.2. The van der Waals surface area contributed by atoms with Crippen molar-refractivity contribution in [3.63, 3.8) is 0 Å². The fraction of sp³-hybridized carbons (Fsp3) is 0.200. The van der Waals surface area contributed by atoms with Crippen LogP contribution < -0.4 is 9.47 Å². The third-order valence-corrected chi connectivity index (χ3v) is 4.83. The lowest BCUT2D eigenvalue weighted by Crippen LogP contribution is -2.24. The average Bonchev–Trinajstić information content (AvgIpc) is 3.34. The van der Waals surface area contributed by atoms with E-state index in [1.165, 1.54) is 11.9 Å². The molecule has 5 rings (SSSR count). The second-order valence-corrected chi connectivity index (χ2v) is 6.47. The van der Waals surface area contributed by atoms with Gasteiger partial charge in [-0.2, -0.15) is 5.10 Å². The normalized spacial score (nSPS) is 18.0. The predicted octanol–water partition coefficient (Wildman–Crippen LogP) is 3.06. The summed E-state index contributed by atoms with van der Waals surface area (Å²) in [5.41, 5.74) is 4.28. The highest BCUT2D eigenvalue weighted by molar-refractivity contribution is 6.04. The van der Waals surface area contributed by atoms with Crippen LogP contribution in [0.4, 0.5) is 0 Å². The minimum Gasteiger partial charge on any atom is -0.454 e. The maximum absolute atomic E-state index is 12.3. The summed E-state index contributed by atoms with van der Waals surface area (Å²) < 4.78 is 10.8. The first kappa shape index (κ1) is 15.7. The van der Waals surface area contributed by atoms with E-state index >= 15 is 0 Å². The molecule has 0 bridgehead atoms. The molecule has 0 N–H and O–H groups in total. The van der Waals surface area contributed by atoms with Gasteiger partial charge in [-0.25, -0.2) is 5.01 Å². The number of hydrogen-bond donors (Lipinski definition) is 0. The first-order valence-electron chi connectivity index (χ1n) is 8.67. The van der Waals surface area contributed by atoms with Crippen molar-refractivity contribution in [3.8, 4) is 11.5 Å². The summed E-state index contributed by atoms with van der Waals surface area (Å²) in [5.74, 6) is 1.31. The van der Waals surface area contributed by atoms with Gasteiger partial charge in [-0.1, -0.05) is 12.1 Å². The van der Waals surface area contributed by atoms with Crippen molar-refractivity contribution in [3.05, 3.63) is 59.9 Å². The van der Waals surface area contributed by atoms with Crippen LogP contribution in [0.25, 0.3) is 11.0 Å². The van der Waals surface area contributed by atoms with Gasteiger partial charge in [0.2, 0.25) is 12.7 Å². The Morgan fingerprint density at radius 1 is 1.11 bits per heavy atom. The predicted molar refractivity (Wildman–Crippen MR) is 98.5 cm³/mol. The van der Waals surface area contributed by atoms with E-state index in [4.69, 9.17) is 9.47 Å². The zero-order valence-electron chi connectivity index (χ0n) is 14.6. The van der Waals surface area contributed by atoms with Crippen LogP contribution in [-0.4, -0.2) is 33.4 Å². The highest BCUT2D eigenvalue weighted by atomic mass is 16.7. The second kappa shape index (κ2) is 6.05. The van der Waals surface area contributed by atoms with Crippen LogP contribution in [0.15, 0.2) is 53.9 Å². The molecule has 3 heterocycles. The summed E-state index contributed by atoms with van der Waals surface area (Å²) in [4.78, 5) is 21.1. The number of benzene rings is 2. The van der Waals surface area contributed by atoms with Crippen LogP contribution in [0.1, 0.15) is 30.5 Å². The van der Waals surface area contributed by atoms with E-state index in [-0.39, 0.29) is 18.7 Å². The van der Waals surface area contributed by atoms with Gasteiger partial charge in [-0.3, -0.25) is 14.8 Å². The Morgan fingerprint density at radius 3 is 2.85 bits per heavy atom. The summed E-state index contributed by atoms with van der Waals surface area (Å²) >= 11 is 0. The number of amides is 1. The third kappa shape index (κ3) is 2.59. The molecule has 7 heteroatoms. The molecular formula is C20H16N4O3. The molecule has 134 valence electrons. The van der Waals surface area contributed by atoms with Crippen molar-refractivity contribution in [1.29, 1.82) is 0 Å². The molecule has 1 aromatic heterocycles.